The van der Waals surface area contributed by atoms with E-state index in [1.54, 1.807) is 13.8 Å². The Bertz CT molecular complexity index is 340. The van der Waals surface area contributed by atoms with Crippen LogP contribution < -0.4 is 0 Å². The largest absolute Gasteiger partial charge is 0.463 e. The smallest absolute Gasteiger partial charge is 0.345 e. The van der Waals surface area contributed by atoms with E-state index in [0.29, 0.717) is 0 Å². The highest BCUT2D eigenvalue weighted by Crippen LogP contribution is 2.02. The summed E-state index contributed by atoms with van der Waals surface area (Å²) in [5, 5.41) is 0. The highest BCUT2D eigenvalue weighted by molar-refractivity contribution is 6.14. The first kappa shape index (κ1) is 18.1. The molecule has 7 heteroatoms. The molecule has 0 aromatic heterocycles. The minimum atomic E-state index is -0.755. The van der Waals surface area contributed by atoms with Crippen molar-refractivity contribution in [3.63, 3.8) is 0 Å². The first-order valence-corrected chi connectivity index (χ1v) is 6.28. The van der Waals surface area contributed by atoms with Crippen LogP contribution in [-0.2, 0) is 33.3 Å². The van der Waals surface area contributed by atoms with Gasteiger partial charge in [0.25, 0.3) is 0 Å². The van der Waals surface area contributed by atoms with Crippen molar-refractivity contribution in [2.24, 2.45) is 0 Å². The Morgan fingerprint density at radius 3 is 1.90 bits per heavy atom. The van der Waals surface area contributed by atoms with Gasteiger partial charge in [-0.1, -0.05) is 0 Å². The van der Waals surface area contributed by atoms with Gasteiger partial charge < -0.3 is 18.9 Å². The molecule has 0 amide bonds. The summed E-state index contributed by atoms with van der Waals surface area (Å²) in [6, 6.07) is 0. The van der Waals surface area contributed by atoms with Gasteiger partial charge >= 0.3 is 17.9 Å². The van der Waals surface area contributed by atoms with Crippen molar-refractivity contribution in [3.8, 4) is 0 Å². The fourth-order valence-corrected chi connectivity index (χ4v) is 1.14. The van der Waals surface area contributed by atoms with Crippen molar-refractivity contribution in [1.82, 2.24) is 0 Å². The minimum Gasteiger partial charge on any atom is -0.463 e. The normalized spacial score (nSPS) is 9.55. The summed E-state index contributed by atoms with van der Waals surface area (Å²) in [5.74, 6) is -1.91. The Balaban J connectivity index is 4.31. The zero-order chi connectivity index (χ0) is 15.4. The maximum atomic E-state index is 11.6. The second-order valence-electron chi connectivity index (χ2n) is 3.47. The highest BCUT2D eigenvalue weighted by atomic mass is 16.6. The van der Waals surface area contributed by atoms with Crippen LogP contribution >= 0.6 is 0 Å². The number of carbonyl (C=O) groups is 3. The molecule has 0 unspecified atom stereocenters. The predicted molar refractivity (Wildman–Crippen MR) is 68.8 cm³/mol. The van der Waals surface area contributed by atoms with E-state index in [2.05, 4.69) is 4.74 Å². The van der Waals surface area contributed by atoms with E-state index in [1.807, 2.05) is 0 Å². The second kappa shape index (κ2) is 11.0. The Morgan fingerprint density at radius 2 is 1.45 bits per heavy atom. The Hall–Kier alpha value is -1.89. The van der Waals surface area contributed by atoms with E-state index in [1.165, 1.54) is 13.0 Å². The number of hydrogen-bond donors (Lipinski definition) is 0. The first-order valence-electron chi connectivity index (χ1n) is 6.28. The summed E-state index contributed by atoms with van der Waals surface area (Å²) in [7, 11) is 0. The zero-order valence-electron chi connectivity index (χ0n) is 12.0. The SMILES string of the molecule is CCOC(=O)C(=CCOCCOC(C)=O)C(=O)OCC. The number of rotatable bonds is 9. The fraction of sp³-hybridized carbons (Fsp3) is 0.615. The number of hydrogen-bond acceptors (Lipinski definition) is 7. The monoisotopic (exact) mass is 288 g/mol. The third kappa shape index (κ3) is 8.25. The maximum Gasteiger partial charge on any atom is 0.345 e. The highest BCUT2D eigenvalue weighted by Gasteiger charge is 2.20. The minimum absolute atomic E-state index is 0.00816. The lowest BCUT2D eigenvalue weighted by Gasteiger charge is -2.07. The zero-order valence-corrected chi connectivity index (χ0v) is 12.0. The van der Waals surface area contributed by atoms with E-state index in [0.717, 1.165) is 0 Å². The fourth-order valence-electron chi connectivity index (χ4n) is 1.14. The molecule has 0 atom stereocenters. The van der Waals surface area contributed by atoms with Crippen LogP contribution in [0, 0.1) is 0 Å². The summed E-state index contributed by atoms with van der Waals surface area (Å²) in [6.07, 6.45) is 1.28. The first-order chi connectivity index (χ1) is 9.52. The van der Waals surface area contributed by atoms with Gasteiger partial charge in [-0.2, -0.15) is 0 Å². The Labute approximate surface area is 117 Å². The van der Waals surface area contributed by atoms with Crippen molar-refractivity contribution in [2.75, 3.05) is 33.0 Å². The molecular formula is C13H20O7. The molecule has 114 valence electrons. The van der Waals surface area contributed by atoms with Crippen LogP contribution in [0.5, 0.6) is 0 Å². The maximum absolute atomic E-state index is 11.6. The quantitative estimate of drug-likeness (QED) is 0.153. The lowest BCUT2D eigenvalue weighted by molar-refractivity contribution is -0.146. The molecule has 0 aliphatic carbocycles. The summed E-state index contributed by atoms with van der Waals surface area (Å²) >= 11 is 0. The molecule has 0 heterocycles. The van der Waals surface area contributed by atoms with E-state index in [9.17, 15) is 14.4 Å². The second-order valence-corrected chi connectivity index (χ2v) is 3.47. The van der Waals surface area contributed by atoms with Gasteiger partial charge in [0.15, 0.2) is 0 Å². The van der Waals surface area contributed by atoms with Gasteiger partial charge in [0, 0.05) is 6.92 Å². The Morgan fingerprint density at radius 1 is 0.900 bits per heavy atom. The molecule has 7 nitrogen and oxygen atoms in total. The van der Waals surface area contributed by atoms with Gasteiger partial charge in [0.1, 0.15) is 12.2 Å². The molecule has 0 rings (SSSR count). The van der Waals surface area contributed by atoms with Crippen LogP contribution in [0.15, 0.2) is 11.6 Å². The molecule has 0 aliphatic heterocycles. The van der Waals surface area contributed by atoms with Crippen LogP contribution in [-0.4, -0.2) is 50.9 Å². The number of carbonyl (C=O) groups excluding carboxylic acids is 3. The number of esters is 3. The van der Waals surface area contributed by atoms with Gasteiger partial charge in [0.05, 0.1) is 26.4 Å². The summed E-state index contributed by atoms with van der Waals surface area (Å²) < 4.78 is 19.3. The summed E-state index contributed by atoms with van der Waals surface area (Å²) in [6.45, 7) is 5.15. The molecule has 0 saturated heterocycles. The number of ether oxygens (including phenoxy) is 4. The summed E-state index contributed by atoms with van der Waals surface area (Å²) in [5.41, 5.74) is -0.207. The molecule has 0 fully saturated rings. The molecule has 0 aromatic carbocycles. The van der Waals surface area contributed by atoms with E-state index in [4.69, 9.17) is 14.2 Å². The standard InChI is InChI=1S/C13H20O7/c1-4-18-12(15)11(13(16)19-5-2)6-7-17-8-9-20-10(3)14/h6H,4-5,7-9H2,1-3H3. The van der Waals surface area contributed by atoms with E-state index >= 15 is 0 Å². The van der Waals surface area contributed by atoms with Crippen LogP contribution in [0.1, 0.15) is 20.8 Å². The van der Waals surface area contributed by atoms with Crippen LogP contribution in [0.3, 0.4) is 0 Å². The topological polar surface area (TPSA) is 88.1 Å². The molecule has 0 aliphatic rings. The summed E-state index contributed by atoms with van der Waals surface area (Å²) in [4.78, 5) is 33.6. The molecule has 0 saturated carbocycles. The average molecular weight is 288 g/mol. The lowest BCUT2D eigenvalue weighted by atomic mass is 10.2. The third-order valence-corrected chi connectivity index (χ3v) is 1.93. The molecule has 0 spiro atoms. The molecule has 0 N–H and O–H groups in total. The van der Waals surface area contributed by atoms with Crippen LogP contribution in [0.25, 0.3) is 0 Å². The van der Waals surface area contributed by atoms with Crippen molar-refractivity contribution < 1.29 is 33.3 Å². The molecule has 20 heavy (non-hydrogen) atoms. The van der Waals surface area contributed by atoms with Crippen molar-refractivity contribution >= 4 is 17.9 Å². The lowest BCUT2D eigenvalue weighted by Crippen LogP contribution is -2.19. The molecular weight excluding hydrogens is 268 g/mol. The van der Waals surface area contributed by atoms with Crippen LogP contribution in [0.4, 0.5) is 0 Å². The van der Waals surface area contributed by atoms with Crippen molar-refractivity contribution in [2.45, 2.75) is 20.8 Å². The van der Waals surface area contributed by atoms with Gasteiger partial charge in [-0.05, 0) is 19.9 Å². The van der Waals surface area contributed by atoms with Crippen LogP contribution in [0.2, 0.25) is 0 Å². The molecule has 0 aromatic rings. The van der Waals surface area contributed by atoms with Gasteiger partial charge in [-0.25, -0.2) is 9.59 Å². The third-order valence-electron chi connectivity index (χ3n) is 1.93. The Kier molecular flexibility index (Phi) is 9.94. The van der Waals surface area contributed by atoms with E-state index < -0.39 is 17.9 Å². The van der Waals surface area contributed by atoms with Gasteiger partial charge in [-0.3, -0.25) is 4.79 Å². The molecule has 0 bridgehead atoms. The van der Waals surface area contributed by atoms with Gasteiger partial charge in [0.2, 0.25) is 0 Å². The van der Waals surface area contributed by atoms with E-state index in [-0.39, 0.29) is 38.6 Å². The average Bonchev–Trinajstić information content (AvgIpc) is 2.37. The van der Waals surface area contributed by atoms with Gasteiger partial charge in [-0.15, -0.1) is 0 Å². The predicted octanol–water partition coefficient (Wildman–Crippen LogP) is 0.619. The van der Waals surface area contributed by atoms with Crippen molar-refractivity contribution in [1.29, 1.82) is 0 Å². The van der Waals surface area contributed by atoms with Crippen molar-refractivity contribution in [3.05, 3.63) is 11.6 Å². The molecule has 0 radical (unpaired) electrons.